The third-order valence-corrected chi connectivity index (χ3v) is 3.45. The number of nitrogens with zero attached hydrogens (tertiary/aromatic N) is 2. The van der Waals surface area contributed by atoms with Gasteiger partial charge in [-0.3, -0.25) is 0 Å². The van der Waals surface area contributed by atoms with Crippen molar-refractivity contribution in [3.05, 3.63) is 45.4 Å². The highest BCUT2D eigenvalue weighted by Crippen LogP contribution is 2.30. The molecule has 0 saturated carbocycles. The van der Waals surface area contributed by atoms with E-state index in [0.717, 1.165) is 16.9 Å². The largest absolute Gasteiger partial charge is 0.392 e. The third-order valence-electron chi connectivity index (χ3n) is 2.51. The van der Waals surface area contributed by atoms with Gasteiger partial charge in [0.1, 0.15) is 0 Å². The van der Waals surface area contributed by atoms with E-state index >= 15 is 0 Å². The maximum absolute atomic E-state index is 9.32. The molecule has 1 aromatic carbocycles. The number of aromatic nitrogens is 1. The first-order valence-electron chi connectivity index (χ1n) is 5.19. The summed E-state index contributed by atoms with van der Waals surface area (Å²) in [5.41, 5.74) is 4.50. The lowest BCUT2D eigenvalue weighted by Gasteiger charge is -2.22. The fraction of sp³-hybridized carbons (Fsp3) is 0.250. The van der Waals surface area contributed by atoms with Gasteiger partial charge in [-0.2, -0.15) is 0 Å². The number of para-hydroxylation sites is 1. The Morgan fingerprint density at radius 1 is 1.47 bits per heavy atom. The Morgan fingerprint density at radius 2 is 2.29 bits per heavy atom. The van der Waals surface area contributed by atoms with E-state index in [4.69, 9.17) is 11.6 Å². The van der Waals surface area contributed by atoms with Crippen molar-refractivity contribution in [3.63, 3.8) is 0 Å². The Morgan fingerprint density at radius 3 is 2.94 bits per heavy atom. The van der Waals surface area contributed by atoms with Gasteiger partial charge >= 0.3 is 0 Å². The Bertz CT molecular complexity index is 487. The zero-order valence-corrected chi connectivity index (χ0v) is 11.0. The van der Waals surface area contributed by atoms with E-state index < -0.39 is 0 Å². The fourth-order valence-electron chi connectivity index (χ4n) is 1.75. The molecule has 1 N–H and O–H groups in total. The summed E-state index contributed by atoms with van der Waals surface area (Å²) >= 11 is 7.74. The average Bonchev–Trinajstić information content (AvgIpc) is 2.81. The first-order chi connectivity index (χ1) is 8.22. The van der Waals surface area contributed by atoms with Crippen LogP contribution in [0.1, 0.15) is 11.3 Å². The van der Waals surface area contributed by atoms with Gasteiger partial charge in [-0.15, -0.1) is 11.3 Å². The molecule has 3 nitrogen and oxygen atoms in total. The van der Waals surface area contributed by atoms with Crippen LogP contribution in [0.3, 0.4) is 0 Å². The molecule has 5 heteroatoms. The van der Waals surface area contributed by atoms with Gasteiger partial charge in [-0.1, -0.05) is 23.7 Å². The first-order valence-corrected chi connectivity index (χ1v) is 6.51. The summed E-state index contributed by atoms with van der Waals surface area (Å²) in [6.07, 6.45) is 0. The molecule has 1 heterocycles. The smallest absolute Gasteiger partial charge is 0.0795 e. The second-order valence-corrected chi connectivity index (χ2v) is 4.87. The number of rotatable bonds is 4. The van der Waals surface area contributed by atoms with Gasteiger partial charge in [0.2, 0.25) is 0 Å². The molecule has 2 aromatic rings. The molecular weight excluding hydrogens is 256 g/mol. The molecule has 0 amide bonds. The molecule has 90 valence electrons. The van der Waals surface area contributed by atoms with Crippen molar-refractivity contribution in [3.8, 4) is 0 Å². The number of hydrogen-bond acceptors (Lipinski definition) is 4. The van der Waals surface area contributed by atoms with Crippen molar-refractivity contribution in [2.45, 2.75) is 13.2 Å². The van der Waals surface area contributed by atoms with Crippen LogP contribution in [-0.4, -0.2) is 17.1 Å². The van der Waals surface area contributed by atoms with Crippen molar-refractivity contribution in [2.24, 2.45) is 0 Å². The second-order valence-electron chi connectivity index (χ2n) is 3.74. The Hall–Kier alpha value is -1.10. The molecule has 2 rings (SSSR count). The molecule has 0 atom stereocenters. The number of aliphatic hydroxyl groups excluding tert-OH is 1. The van der Waals surface area contributed by atoms with Gasteiger partial charge in [0.25, 0.3) is 0 Å². The van der Waals surface area contributed by atoms with Crippen LogP contribution in [-0.2, 0) is 13.2 Å². The number of benzene rings is 1. The minimum Gasteiger partial charge on any atom is -0.392 e. The molecule has 0 aliphatic heterocycles. The number of aliphatic hydroxyl groups is 1. The molecule has 1 aromatic heterocycles. The summed E-state index contributed by atoms with van der Waals surface area (Å²) in [5, 5.41) is 12.0. The van der Waals surface area contributed by atoms with Crippen LogP contribution in [0.4, 0.5) is 5.69 Å². The van der Waals surface area contributed by atoms with E-state index in [2.05, 4.69) is 4.98 Å². The van der Waals surface area contributed by atoms with Crippen LogP contribution in [0.2, 0.25) is 5.02 Å². The van der Waals surface area contributed by atoms with E-state index in [9.17, 15) is 5.11 Å². The van der Waals surface area contributed by atoms with Crippen molar-refractivity contribution >= 4 is 28.6 Å². The second kappa shape index (κ2) is 5.49. The van der Waals surface area contributed by atoms with Crippen molar-refractivity contribution < 1.29 is 5.11 Å². The lowest BCUT2D eigenvalue weighted by Crippen LogP contribution is -2.18. The minimum absolute atomic E-state index is 0.0166. The van der Waals surface area contributed by atoms with Crippen molar-refractivity contribution in [1.29, 1.82) is 0 Å². The minimum atomic E-state index is -0.0166. The summed E-state index contributed by atoms with van der Waals surface area (Å²) in [7, 11) is 1.94. The zero-order chi connectivity index (χ0) is 12.3. The quantitative estimate of drug-likeness (QED) is 0.926. The number of anilines is 1. The number of hydrogen-bond donors (Lipinski definition) is 1. The number of halogens is 1. The van der Waals surface area contributed by atoms with E-state index in [0.29, 0.717) is 11.6 Å². The summed E-state index contributed by atoms with van der Waals surface area (Å²) < 4.78 is 0. The van der Waals surface area contributed by atoms with E-state index in [1.165, 1.54) is 0 Å². The van der Waals surface area contributed by atoms with Gasteiger partial charge in [0.05, 0.1) is 35.1 Å². The third kappa shape index (κ3) is 2.77. The van der Waals surface area contributed by atoms with Gasteiger partial charge in [-0.25, -0.2) is 4.98 Å². The molecule has 0 fully saturated rings. The van der Waals surface area contributed by atoms with E-state index in [-0.39, 0.29) is 6.61 Å². The van der Waals surface area contributed by atoms with Crippen LogP contribution in [0, 0.1) is 0 Å². The maximum atomic E-state index is 9.32. The van der Waals surface area contributed by atoms with Crippen LogP contribution >= 0.6 is 22.9 Å². The molecular formula is C12H13ClN2OS. The summed E-state index contributed by atoms with van der Waals surface area (Å²) in [6, 6.07) is 5.54. The Labute approximate surface area is 109 Å². The van der Waals surface area contributed by atoms with Crippen molar-refractivity contribution in [2.75, 3.05) is 11.9 Å². The molecule has 0 spiro atoms. The first kappa shape index (κ1) is 12.4. The van der Waals surface area contributed by atoms with Crippen LogP contribution in [0.15, 0.2) is 29.1 Å². The monoisotopic (exact) mass is 268 g/mol. The Balaban J connectivity index is 2.26. The number of thiazole rings is 1. The fourth-order valence-corrected chi connectivity index (χ4v) is 2.64. The molecule has 0 bridgehead atoms. The highest BCUT2D eigenvalue weighted by atomic mass is 35.5. The van der Waals surface area contributed by atoms with Crippen LogP contribution in [0.5, 0.6) is 0 Å². The molecule has 0 saturated heterocycles. The van der Waals surface area contributed by atoms with E-state index in [1.54, 1.807) is 11.3 Å². The maximum Gasteiger partial charge on any atom is 0.0795 e. The lowest BCUT2D eigenvalue weighted by atomic mass is 10.1. The molecule has 0 aliphatic carbocycles. The predicted octanol–water partition coefficient (Wildman–Crippen LogP) is 2.93. The van der Waals surface area contributed by atoms with Gasteiger partial charge < -0.3 is 10.0 Å². The van der Waals surface area contributed by atoms with Gasteiger partial charge in [0.15, 0.2) is 0 Å². The zero-order valence-electron chi connectivity index (χ0n) is 9.43. The molecule has 0 aliphatic rings. The van der Waals surface area contributed by atoms with Gasteiger partial charge in [0, 0.05) is 18.0 Å². The van der Waals surface area contributed by atoms with Crippen LogP contribution in [0.25, 0.3) is 0 Å². The van der Waals surface area contributed by atoms with Crippen molar-refractivity contribution in [1.82, 2.24) is 4.98 Å². The summed E-state index contributed by atoms with van der Waals surface area (Å²) in [6.45, 7) is 0.664. The molecule has 17 heavy (non-hydrogen) atoms. The standard InChI is InChI=1S/C12H13ClN2OS/c1-15(5-10-7-17-8-14-10)12-9(6-16)3-2-4-11(12)13/h2-4,7-8,16H,5-6H2,1H3. The highest BCUT2D eigenvalue weighted by Gasteiger charge is 2.12. The Kier molecular flexibility index (Phi) is 3.99. The average molecular weight is 269 g/mol. The normalized spacial score (nSPS) is 10.5. The SMILES string of the molecule is CN(Cc1cscn1)c1c(Cl)cccc1CO. The highest BCUT2D eigenvalue weighted by molar-refractivity contribution is 7.07. The summed E-state index contributed by atoms with van der Waals surface area (Å²) in [5.74, 6) is 0. The van der Waals surface area contributed by atoms with Gasteiger partial charge in [-0.05, 0) is 6.07 Å². The topological polar surface area (TPSA) is 36.4 Å². The predicted molar refractivity (Wildman–Crippen MR) is 71.6 cm³/mol. The summed E-state index contributed by atoms with van der Waals surface area (Å²) in [4.78, 5) is 6.24. The molecule has 0 radical (unpaired) electrons. The molecule has 0 unspecified atom stereocenters. The van der Waals surface area contributed by atoms with Crippen LogP contribution < -0.4 is 4.90 Å². The lowest BCUT2D eigenvalue weighted by molar-refractivity contribution is 0.282. The van der Waals surface area contributed by atoms with E-state index in [1.807, 2.05) is 41.0 Å².